The van der Waals surface area contributed by atoms with Crippen LogP contribution in [-0.4, -0.2) is 53.3 Å². The van der Waals surface area contributed by atoms with Gasteiger partial charge >= 0.3 is 0 Å². The van der Waals surface area contributed by atoms with Crippen LogP contribution in [-0.2, 0) is 11.2 Å². The van der Waals surface area contributed by atoms with Gasteiger partial charge in [0.2, 0.25) is 5.91 Å². The van der Waals surface area contributed by atoms with Crippen molar-refractivity contribution in [3.05, 3.63) is 35.4 Å². The van der Waals surface area contributed by atoms with Crippen molar-refractivity contribution in [1.29, 1.82) is 0 Å². The van der Waals surface area contributed by atoms with Gasteiger partial charge in [-0.3, -0.25) is 9.59 Å². The molecule has 1 fully saturated rings. The number of nitrogens with zero attached hydrogens (tertiary/aromatic N) is 2. The zero-order valence-corrected chi connectivity index (χ0v) is 13.6. The predicted molar refractivity (Wildman–Crippen MR) is 86.6 cm³/mol. The third-order valence-corrected chi connectivity index (χ3v) is 4.01. The quantitative estimate of drug-likeness (QED) is 0.914. The molecule has 0 saturated carbocycles. The lowest BCUT2D eigenvalue weighted by molar-refractivity contribution is -0.137. The molecule has 0 aliphatic carbocycles. The molecule has 0 atom stereocenters. The molecule has 0 bridgehead atoms. The molecule has 120 valence electrons. The maximum absolute atomic E-state index is 12.5. The van der Waals surface area contributed by atoms with Crippen LogP contribution in [0.4, 0.5) is 0 Å². The van der Waals surface area contributed by atoms with Gasteiger partial charge in [-0.1, -0.05) is 19.1 Å². The number of piperazine rings is 1. The summed E-state index contributed by atoms with van der Waals surface area (Å²) in [6.07, 6.45) is 0.962. The van der Waals surface area contributed by atoms with Crippen LogP contribution < -0.4 is 5.73 Å². The monoisotopic (exact) mass is 303 g/mol. The molecule has 1 aliphatic heterocycles. The van der Waals surface area contributed by atoms with Gasteiger partial charge in [-0.15, -0.1) is 0 Å². The summed E-state index contributed by atoms with van der Waals surface area (Å²) in [5.41, 5.74) is 6.92. The molecule has 1 heterocycles. The van der Waals surface area contributed by atoms with Crippen molar-refractivity contribution >= 4 is 11.8 Å². The number of amides is 2. The van der Waals surface area contributed by atoms with Gasteiger partial charge in [0, 0.05) is 31.7 Å². The Morgan fingerprint density at radius 3 is 2.00 bits per heavy atom. The maximum Gasteiger partial charge on any atom is 0.253 e. The number of hydrogen-bond acceptors (Lipinski definition) is 3. The van der Waals surface area contributed by atoms with E-state index in [1.807, 2.05) is 24.3 Å². The summed E-state index contributed by atoms with van der Waals surface area (Å²) in [6.45, 7) is 7.69. The second-order valence-corrected chi connectivity index (χ2v) is 6.36. The number of aryl methyl sites for hydroxylation is 1. The lowest BCUT2D eigenvalue weighted by Crippen LogP contribution is -2.57. The van der Waals surface area contributed by atoms with Crippen LogP contribution in [0.1, 0.15) is 36.7 Å². The van der Waals surface area contributed by atoms with Gasteiger partial charge in [-0.2, -0.15) is 0 Å². The van der Waals surface area contributed by atoms with E-state index in [2.05, 4.69) is 6.92 Å². The van der Waals surface area contributed by atoms with E-state index >= 15 is 0 Å². The van der Waals surface area contributed by atoms with Crippen LogP contribution in [0.2, 0.25) is 0 Å². The van der Waals surface area contributed by atoms with Crippen molar-refractivity contribution in [3.63, 3.8) is 0 Å². The minimum Gasteiger partial charge on any atom is -0.338 e. The van der Waals surface area contributed by atoms with E-state index in [1.165, 1.54) is 5.56 Å². The van der Waals surface area contributed by atoms with E-state index in [9.17, 15) is 9.59 Å². The van der Waals surface area contributed by atoms with Gasteiger partial charge in [-0.05, 0) is 38.0 Å². The van der Waals surface area contributed by atoms with Crippen LogP contribution in [0.25, 0.3) is 0 Å². The minimum absolute atomic E-state index is 0.0294. The number of benzene rings is 1. The molecule has 2 amide bonds. The fraction of sp³-hybridized carbons (Fsp3) is 0.529. The molecule has 0 aromatic heterocycles. The van der Waals surface area contributed by atoms with Crippen LogP contribution in [0, 0.1) is 0 Å². The van der Waals surface area contributed by atoms with Crippen molar-refractivity contribution in [3.8, 4) is 0 Å². The standard InChI is InChI=1S/C17H25N3O2/c1-4-13-5-7-14(8-6-13)15(21)19-9-11-20(12-10-19)16(22)17(2,3)18/h5-8H,4,9-12,18H2,1-3H3. The normalized spacial score (nSPS) is 15.8. The maximum atomic E-state index is 12.5. The highest BCUT2D eigenvalue weighted by molar-refractivity contribution is 5.94. The zero-order chi connectivity index (χ0) is 16.3. The summed E-state index contributed by atoms with van der Waals surface area (Å²) < 4.78 is 0. The Hall–Kier alpha value is -1.88. The topological polar surface area (TPSA) is 66.6 Å². The van der Waals surface area contributed by atoms with Gasteiger partial charge in [0.1, 0.15) is 0 Å². The van der Waals surface area contributed by atoms with E-state index < -0.39 is 5.54 Å². The molecule has 0 unspecified atom stereocenters. The molecule has 1 saturated heterocycles. The molecule has 1 aromatic carbocycles. The second-order valence-electron chi connectivity index (χ2n) is 6.36. The largest absolute Gasteiger partial charge is 0.338 e. The lowest BCUT2D eigenvalue weighted by Gasteiger charge is -2.37. The van der Waals surface area contributed by atoms with Crippen LogP contribution in [0.3, 0.4) is 0 Å². The number of carbonyl (C=O) groups excluding carboxylic acids is 2. The van der Waals surface area contributed by atoms with Crippen LogP contribution in [0.15, 0.2) is 24.3 Å². The van der Waals surface area contributed by atoms with Gasteiger partial charge in [0.25, 0.3) is 5.91 Å². The summed E-state index contributed by atoms with van der Waals surface area (Å²) in [4.78, 5) is 28.1. The molecule has 0 radical (unpaired) electrons. The molecule has 0 spiro atoms. The molecule has 5 nitrogen and oxygen atoms in total. The Morgan fingerprint density at radius 1 is 1.05 bits per heavy atom. The predicted octanol–water partition coefficient (Wildman–Crippen LogP) is 1.27. The van der Waals surface area contributed by atoms with Crippen LogP contribution >= 0.6 is 0 Å². The number of rotatable bonds is 3. The Morgan fingerprint density at radius 2 is 1.55 bits per heavy atom. The first kappa shape index (κ1) is 16.5. The summed E-state index contributed by atoms with van der Waals surface area (Å²) in [5.74, 6) is -0.0336. The average molecular weight is 303 g/mol. The highest BCUT2D eigenvalue weighted by atomic mass is 16.2. The van der Waals surface area contributed by atoms with Gasteiger partial charge in [0.05, 0.1) is 5.54 Å². The summed E-state index contributed by atoms with van der Waals surface area (Å²) in [7, 11) is 0. The number of nitrogens with two attached hydrogens (primary N) is 1. The van der Waals surface area contributed by atoms with Crippen molar-refractivity contribution in [1.82, 2.24) is 9.80 Å². The summed E-state index contributed by atoms with van der Waals surface area (Å²) in [5, 5.41) is 0. The first-order chi connectivity index (χ1) is 10.3. The molecule has 22 heavy (non-hydrogen) atoms. The Labute approximate surface area is 132 Å². The van der Waals surface area contributed by atoms with E-state index in [1.54, 1.807) is 23.6 Å². The zero-order valence-electron chi connectivity index (χ0n) is 13.6. The average Bonchev–Trinajstić information content (AvgIpc) is 2.53. The Bertz CT molecular complexity index is 538. The highest BCUT2D eigenvalue weighted by Gasteiger charge is 2.31. The molecule has 2 N–H and O–H groups in total. The lowest BCUT2D eigenvalue weighted by atomic mass is 10.0. The highest BCUT2D eigenvalue weighted by Crippen LogP contribution is 2.13. The Kier molecular flexibility index (Phi) is 4.86. The second kappa shape index (κ2) is 6.48. The van der Waals surface area contributed by atoms with Gasteiger partial charge in [0.15, 0.2) is 0 Å². The first-order valence-electron chi connectivity index (χ1n) is 7.79. The van der Waals surface area contributed by atoms with E-state index in [0.717, 1.165) is 6.42 Å². The minimum atomic E-state index is -0.859. The van der Waals surface area contributed by atoms with Crippen molar-refractivity contribution in [2.75, 3.05) is 26.2 Å². The third kappa shape index (κ3) is 3.65. The van der Waals surface area contributed by atoms with E-state index in [-0.39, 0.29) is 11.8 Å². The molecule has 5 heteroatoms. The van der Waals surface area contributed by atoms with Gasteiger partial charge < -0.3 is 15.5 Å². The SMILES string of the molecule is CCc1ccc(C(=O)N2CCN(C(=O)C(C)(C)N)CC2)cc1. The molecule has 1 aliphatic rings. The smallest absolute Gasteiger partial charge is 0.253 e. The first-order valence-corrected chi connectivity index (χ1v) is 7.79. The fourth-order valence-corrected chi connectivity index (χ4v) is 2.59. The summed E-state index contributed by atoms with van der Waals surface area (Å²) >= 11 is 0. The third-order valence-electron chi connectivity index (χ3n) is 4.01. The number of hydrogen-bond donors (Lipinski definition) is 1. The molecular weight excluding hydrogens is 278 g/mol. The van der Waals surface area contributed by atoms with Crippen molar-refractivity contribution < 1.29 is 9.59 Å². The van der Waals surface area contributed by atoms with Crippen molar-refractivity contribution in [2.45, 2.75) is 32.7 Å². The van der Waals surface area contributed by atoms with Crippen LogP contribution in [0.5, 0.6) is 0 Å². The number of carbonyl (C=O) groups is 2. The van der Waals surface area contributed by atoms with E-state index in [0.29, 0.717) is 31.7 Å². The van der Waals surface area contributed by atoms with E-state index in [4.69, 9.17) is 5.73 Å². The molecular formula is C17H25N3O2. The van der Waals surface area contributed by atoms with Gasteiger partial charge in [-0.25, -0.2) is 0 Å². The van der Waals surface area contributed by atoms with Crippen molar-refractivity contribution in [2.24, 2.45) is 5.73 Å². The molecule has 2 rings (SSSR count). The fourth-order valence-electron chi connectivity index (χ4n) is 2.59. The Balaban J connectivity index is 1.96. The summed E-state index contributed by atoms with van der Waals surface area (Å²) in [6, 6.07) is 7.73. The molecule has 1 aromatic rings.